The molecule has 1 saturated carbocycles. The summed E-state index contributed by atoms with van der Waals surface area (Å²) in [4.78, 5) is 10.1. The molecule has 0 aromatic heterocycles. The van der Waals surface area contributed by atoms with Gasteiger partial charge in [-0.1, -0.05) is 19.1 Å². The number of rotatable bonds is 2. The molecular weight excluding hydrogens is 226 g/mol. The van der Waals surface area contributed by atoms with Crippen LogP contribution in [0.2, 0.25) is 0 Å². The fourth-order valence-electron chi connectivity index (χ4n) is 2.20. The molecule has 1 aromatic rings. The monoisotopic (exact) mass is 247 g/mol. The van der Waals surface area contributed by atoms with Gasteiger partial charge in [-0.2, -0.15) is 0 Å². The van der Waals surface area contributed by atoms with Crippen LogP contribution in [0.4, 0.5) is 0 Å². The molecule has 3 heteroatoms. The lowest BCUT2D eigenvalue weighted by molar-refractivity contribution is -0.120. The van der Waals surface area contributed by atoms with Crippen molar-refractivity contribution in [3.8, 4) is 5.75 Å². The van der Waals surface area contributed by atoms with Crippen molar-refractivity contribution < 1.29 is 9.53 Å². The summed E-state index contributed by atoms with van der Waals surface area (Å²) in [7, 11) is 1.63. The SMILES string of the molecule is CCC(=O)NC.c1cc2c(c(C3CC3)c1)CCO2. The van der Waals surface area contributed by atoms with Crippen LogP contribution in [0.5, 0.6) is 5.75 Å². The van der Waals surface area contributed by atoms with E-state index in [0.29, 0.717) is 6.42 Å². The number of hydrogen-bond donors (Lipinski definition) is 1. The Balaban J connectivity index is 0.000000174. The van der Waals surface area contributed by atoms with Gasteiger partial charge in [-0.15, -0.1) is 0 Å². The van der Waals surface area contributed by atoms with Crippen molar-refractivity contribution in [1.29, 1.82) is 0 Å². The molecule has 18 heavy (non-hydrogen) atoms. The molecule has 0 bridgehead atoms. The molecule has 0 spiro atoms. The van der Waals surface area contributed by atoms with Crippen molar-refractivity contribution in [2.45, 2.75) is 38.5 Å². The van der Waals surface area contributed by atoms with Gasteiger partial charge in [-0.3, -0.25) is 4.79 Å². The number of hydrogen-bond acceptors (Lipinski definition) is 2. The van der Waals surface area contributed by atoms with Gasteiger partial charge in [0.2, 0.25) is 5.91 Å². The maximum absolute atomic E-state index is 10.1. The molecule has 1 heterocycles. The van der Waals surface area contributed by atoms with Crippen LogP contribution >= 0.6 is 0 Å². The van der Waals surface area contributed by atoms with E-state index in [1.807, 2.05) is 6.92 Å². The minimum Gasteiger partial charge on any atom is -0.493 e. The van der Waals surface area contributed by atoms with E-state index in [0.717, 1.165) is 24.7 Å². The second-order valence-electron chi connectivity index (χ2n) is 4.72. The van der Waals surface area contributed by atoms with Crippen molar-refractivity contribution in [3.63, 3.8) is 0 Å². The highest BCUT2D eigenvalue weighted by Gasteiger charge is 2.28. The predicted octanol–water partition coefficient (Wildman–Crippen LogP) is 2.64. The number of fused-ring (bicyclic) bond motifs is 1. The van der Waals surface area contributed by atoms with Gasteiger partial charge in [-0.25, -0.2) is 0 Å². The first kappa shape index (κ1) is 12.9. The molecule has 2 aliphatic rings. The molecule has 3 rings (SSSR count). The quantitative estimate of drug-likeness (QED) is 0.872. The lowest BCUT2D eigenvalue weighted by atomic mass is 10.0. The van der Waals surface area contributed by atoms with E-state index in [-0.39, 0.29) is 5.91 Å². The van der Waals surface area contributed by atoms with E-state index in [4.69, 9.17) is 4.74 Å². The summed E-state index contributed by atoms with van der Waals surface area (Å²) in [5.74, 6) is 2.09. The summed E-state index contributed by atoms with van der Waals surface area (Å²) in [5.41, 5.74) is 3.05. The molecule has 1 fully saturated rings. The van der Waals surface area contributed by atoms with Crippen LogP contribution in [0, 0.1) is 0 Å². The maximum atomic E-state index is 10.1. The number of nitrogens with one attached hydrogen (secondary N) is 1. The first-order valence-electron chi connectivity index (χ1n) is 6.71. The third-order valence-electron chi connectivity index (χ3n) is 3.40. The van der Waals surface area contributed by atoms with E-state index in [1.165, 1.54) is 18.4 Å². The molecular formula is C15H21NO2. The number of benzene rings is 1. The molecule has 1 N–H and O–H groups in total. The average molecular weight is 247 g/mol. The van der Waals surface area contributed by atoms with E-state index >= 15 is 0 Å². The Morgan fingerprint density at radius 2 is 2.22 bits per heavy atom. The van der Waals surface area contributed by atoms with Gasteiger partial charge < -0.3 is 10.1 Å². The second kappa shape index (κ2) is 5.89. The molecule has 98 valence electrons. The van der Waals surface area contributed by atoms with Gasteiger partial charge in [0.1, 0.15) is 5.75 Å². The Hall–Kier alpha value is -1.51. The largest absolute Gasteiger partial charge is 0.493 e. The highest BCUT2D eigenvalue weighted by molar-refractivity contribution is 5.74. The van der Waals surface area contributed by atoms with Crippen LogP contribution in [-0.2, 0) is 11.2 Å². The van der Waals surface area contributed by atoms with Gasteiger partial charge in [0.05, 0.1) is 6.61 Å². The Bertz CT molecular complexity index is 419. The summed E-state index contributed by atoms with van der Waals surface area (Å²) in [5, 5.41) is 2.48. The second-order valence-corrected chi connectivity index (χ2v) is 4.72. The van der Waals surface area contributed by atoms with E-state index < -0.39 is 0 Å². The zero-order valence-corrected chi connectivity index (χ0v) is 11.2. The topological polar surface area (TPSA) is 38.3 Å². The molecule has 0 unspecified atom stereocenters. The lowest BCUT2D eigenvalue weighted by Crippen LogP contribution is -2.15. The van der Waals surface area contributed by atoms with Crippen molar-refractivity contribution in [3.05, 3.63) is 29.3 Å². The summed E-state index contributed by atoms with van der Waals surface area (Å²) >= 11 is 0. The van der Waals surface area contributed by atoms with Crippen molar-refractivity contribution in [2.24, 2.45) is 0 Å². The first-order valence-corrected chi connectivity index (χ1v) is 6.71. The molecule has 0 atom stereocenters. The standard InChI is InChI=1S/C11H12O.C4H9NO/c1-2-9(8-4-5-8)10-6-7-12-11(10)3-1;1-3-4(6)5-2/h1-3,8H,4-7H2;3H2,1-2H3,(H,5,6). The molecule has 0 radical (unpaired) electrons. The van der Waals surface area contributed by atoms with Gasteiger partial charge in [0.25, 0.3) is 0 Å². The van der Waals surface area contributed by atoms with E-state index in [2.05, 4.69) is 23.5 Å². The fourth-order valence-corrected chi connectivity index (χ4v) is 2.20. The van der Waals surface area contributed by atoms with Crippen LogP contribution < -0.4 is 10.1 Å². The highest BCUT2D eigenvalue weighted by atomic mass is 16.5. The minimum atomic E-state index is 0.0926. The lowest BCUT2D eigenvalue weighted by Gasteiger charge is -2.03. The van der Waals surface area contributed by atoms with Crippen molar-refractivity contribution in [1.82, 2.24) is 5.32 Å². The van der Waals surface area contributed by atoms with Gasteiger partial charge in [0.15, 0.2) is 0 Å². The first-order chi connectivity index (χ1) is 8.76. The number of carbonyl (C=O) groups is 1. The van der Waals surface area contributed by atoms with Crippen LogP contribution in [0.15, 0.2) is 18.2 Å². The molecule has 1 amide bonds. The van der Waals surface area contributed by atoms with Gasteiger partial charge in [-0.05, 0) is 30.4 Å². The summed E-state index contributed by atoms with van der Waals surface area (Å²) in [6, 6.07) is 6.48. The molecule has 1 aromatic carbocycles. The van der Waals surface area contributed by atoms with Crippen molar-refractivity contribution >= 4 is 5.91 Å². The average Bonchev–Trinajstić information content (AvgIpc) is 3.15. The summed E-state index contributed by atoms with van der Waals surface area (Å²) in [6.07, 6.45) is 4.48. The van der Waals surface area contributed by atoms with Gasteiger partial charge in [0, 0.05) is 25.5 Å². The Labute approximate surface area is 109 Å². The number of amides is 1. The van der Waals surface area contributed by atoms with Crippen molar-refractivity contribution in [2.75, 3.05) is 13.7 Å². The summed E-state index contributed by atoms with van der Waals surface area (Å²) < 4.78 is 5.52. The van der Waals surface area contributed by atoms with E-state index in [1.54, 1.807) is 12.6 Å². The van der Waals surface area contributed by atoms with E-state index in [9.17, 15) is 4.79 Å². The zero-order chi connectivity index (χ0) is 13.0. The Morgan fingerprint density at radius 3 is 2.78 bits per heavy atom. The Kier molecular flexibility index (Phi) is 4.24. The molecule has 1 aliphatic carbocycles. The smallest absolute Gasteiger partial charge is 0.219 e. The minimum absolute atomic E-state index is 0.0926. The maximum Gasteiger partial charge on any atom is 0.219 e. The molecule has 1 aliphatic heterocycles. The summed E-state index contributed by atoms with van der Waals surface area (Å²) in [6.45, 7) is 2.71. The molecule has 3 nitrogen and oxygen atoms in total. The zero-order valence-electron chi connectivity index (χ0n) is 11.2. The Morgan fingerprint density at radius 1 is 1.44 bits per heavy atom. The predicted molar refractivity (Wildman–Crippen MR) is 72.0 cm³/mol. The molecule has 0 saturated heterocycles. The third-order valence-corrected chi connectivity index (χ3v) is 3.40. The van der Waals surface area contributed by atoms with Crippen LogP contribution in [0.25, 0.3) is 0 Å². The normalized spacial score (nSPS) is 16.1. The van der Waals surface area contributed by atoms with Crippen LogP contribution in [0.3, 0.4) is 0 Å². The fraction of sp³-hybridized carbons (Fsp3) is 0.533. The number of carbonyl (C=O) groups excluding carboxylic acids is 1. The van der Waals surface area contributed by atoms with Gasteiger partial charge >= 0.3 is 0 Å². The third kappa shape index (κ3) is 3.03. The van der Waals surface area contributed by atoms with Crippen LogP contribution in [-0.4, -0.2) is 19.6 Å². The number of ether oxygens (including phenoxy) is 1. The highest BCUT2D eigenvalue weighted by Crippen LogP contribution is 2.44. The van der Waals surface area contributed by atoms with Crippen LogP contribution in [0.1, 0.15) is 43.2 Å².